The number of esters is 1. The van der Waals surface area contributed by atoms with Crippen LogP contribution in [0.25, 0.3) is 0 Å². The molecule has 0 N–H and O–H groups in total. The Morgan fingerprint density at radius 1 is 1.14 bits per heavy atom. The van der Waals surface area contributed by atoms with E-state index < -0.39 is 0 Å². The molecule has 0 radical (unpaired) electrons. The van der Waals surface area contributed by atoms with Gasteiger partial charge in [-0.1, -0.05) is 32.4 Å². The molecule has 1 saturated carbocycles. The second kappa shape index (κ2) is 4.72. The van der Waals surface area contributed by atoms with Crippen LogP contribution in [0.3, 0.4) is 0 Å². The normalized spacial score (nSPS) is 46.9. The van der Waals surface area contributed by atoms with Gasteiger partial charge in [0, 0.05) is 11.8 Å². The molecule has 120 valence electrons. The Hall–Kier alpha value is -1.05. The van der Waals surface area contributed by atoms with Crippen molar-refractivity contribution in [2.45, 2.75) is 65.7 Å². The van der Waals surface area contributed by atoms with Crippen LogP contribution in [-0.4, -0.2) is 5.97 Å². The third-order valence-electron chi connectivity index (χ3n) is 7.59. The molecular weight excluding hydrogens is 272 g/mol. The van der Waals surface area contributed by atoms with Gasteiger partial charge >= 0.3 is 5.97 Å². The standard InChI is InChI=1S/C20H28O2/c1-4-13-5-7-15-14-6-8-17-20(3,12-10-18(21)22-17)16(14)9-11-19(13,15)2/h5,8,14-16H,4,6-7,9-12H2,1-3H3. The molecule has 4 aliphatic rings. The van der Waals surface area contributed by atoms with Crippen LogP contribution in [0.2, 0.25) is 0 Å². The van der Waals surface area contributed by atoms with Gasteiger partial charge in [0.25, 0.3) is 0 Å². The van der Waals surface area contributed by atoms with E-state index in [9.17, 15) is 4.79 Å². The average molecular weight is 300 g/mol. The summed E-state index contributed by atoms with van der Waals surface area (Å²) in [5.74, 6) is 3.23. The summed E-state index contributed by atoms with van der Waals surface area (Å²) < 4.78 is 5.63. The van der Waals surface area contributed by atoms with Gasteiger partial charge in [-0.3, -0.25) is 4.79 Å². The highest BCUT2D eigenvalue weighted by Gasteiger charge is 2.57. The SMILES string of the molecule is CCC1=CCC2C3CC=C4OC(=O)CCC4(C)C3CCC12C. The van der Waals surface area contributed by atoms with Crippen LogP contribution in [0.5, 0.6) is 0 Å². The minimum Gasteiger partial charge on any atom is -0.431 e. The zero-order valence-electron chi connectivity index (χ0n) is 14.2. The first-order chi connectivity index (χ1) is 10.5. The Labute approximate surface area is 134 Å². The van der Waals surface area contributed by atoms with Gasteiger partial charge in [0.1, 0.15) is 5.76 Å². The van der Waals surface area contributed by atoms with Crippen molar-refractivity contribution in [2.75, 3.05) is 0 Å². The van der Waals surface area contributed by atoms with Gasteiger partial charge in [0.15, 0.2) is 0 Å². The lowest BCUT2D eigenvalue weighted by Gasteiger charge is -2.56. The molecule has 2 nitrogen and oxygen atoms in total. The van der Waals surface area contributed by atoms with E-state index >= 15 is 0 Å². The Balaban J connectivity index is 1.68. The number of hydrogen-bond acceptors (Lipinski definition) is 2. The summed E-state index contributed by atoms with van der Waals surface area (Å²) in [5.41, 5.74) is 2.24. The third kappa shape index (κ3) is 1.76. The quantitative estimate of drug-likeness (QED) is 0.503. The number of carbonyl (C=O) groups excluding carboxylic acids is 1. The summed E-state index contributed by atoms with van der Waals surface area (Å²) in [6.45, 7) is 7.18. The molecule has 0 aromatic heterocycles. The van der Waals surface area contributed by atoms with Gasteiger partial charge < -0.3 is 4.74 Å². The van der Waals surface area contributed by atoms with Crippen LogP contribution in [0, 0.1) is 28.6 Å². The first kappa shape index (κ1) is 14.5. The lowest BCUT2D eigenvalue weighted by Crippen LogP contribution is -2.50. The molecule has 4 rings (SSSR count). The molecule has 1 saturated heterocycles. The van der Waals surface area contributed by atoms with E-state index in [0.29, 0.717) is 17.8 Å². The van der Waals surface area contributed by atoms with Crippen LogP contribution in [0.4, 0.5) is 0 Å². The van der Waals surface area contributed by atoms with Gasteiger partial charge in [0.05, 0.1) is 0 Å². The zero-order valence-corrected chi connectivity index (χ0v) is 14.2. The zero-order chi connectivity index (χ0) is 15.5. The molecule has 2 heteroatoms. The summed E-state index contributed by atoms with van der Waals surface area (Å²) in [6, 6.07) is 0. The molecule has 2 fully saturated rings. The van der Waals surface area contributed by atoms with Crippen molar-refractivity contribution < 1.29 is 9.53 Å². The fourth-order valence-corrected chi connectivity index (χ4v) is 6.27. The average Bonchev–Trinajstić information content (AvgIpc) is 2.84. The molecule has 0 aromatic rings. The van der Waals surface area contributed by atoms with Crippen LogP contribution >= 0.6 is 0 Å². The maximum absolute atomic E-state index is 11.7. The van der Waals surface area contributed by atoms with Crippen molar-refractivity contribution >= 4 is 5.97 Å². The highest BCUT2D eigenvalue weighted by molar-refractivity contribution is 5.72. The Kier molecular flexibility index (Phi) is 3.12. The minimum absolute atomic E-state index is 0.0291. The number of fused-ring (bicyclic) bond motifs is 5. The van der Waals surface area contributed by atoms with Crippen LogP contribution in [0.1, 0.15) is 65.7 Å². The van der Waals surface area contributed by atoms with Crippen LogP contribution < -0.4 is 0 Å². The maximum atomic E-state index is 11.7. The molecule has 0 aromatic carbocycles. The fourth-order valence-electron chi connectivity index (χ4n) is 6.27. The van der Waals surface area contributed by atoms with Gasteiger partial charge in [-0.2, -0.15) is 0 Å². The fraction of sp³-hybridized carbons (Fsp3) is 0.750. The van der Waals surface area contributed by atoms with Crippen LogP contribution in [-0.2, 0) is 9.53 Å². The predicted molar refractivity (Wildman–Crippen MR) is 86.9 cm³/mol. The Bertz CT molecular complexity index is 572. The molecule has 3 aliphatic carbocycles. The lowest BCUT2D eigenvalue weighted by atomic mass is 9.49. The molecule has 5 unspecified atom stereocenters. The number of hydrogen-bond donors (Lipinski definition) is 0. The largest absolute Gasteiger partial charge is 0.431 e. The summed E-state index contributed by atoms with van der Waals surface area (Å²) in [7, 11) is 0. The molecule has 0 spiro atoms. The Morgan fingerprint density at radius 2 is 1.95 bits per heavy atom. The van der Waals surface area contributed by atoms with E-state index in [1.807, 2.05) is 0 Å². The third-order valence-corrected chi connectivity index (χ3v) is 7.59. The predicted octanol–water partition coefficient (Wildman–Crippen LogP) is 5.01. The molecule has 5 atom stereocenters. The number of allylic oxidation sites excluding steroid dienone is 4. The highest BCUT2D eigenvalue weighted by atomic mass is 16.5. The van der Waals surface area contributed by atoms with Crippen LogP contribution in [0.15, 0.2) is 23.5 Å². The topological polar surface area (TPSA) is 26.3 Å². The number of rotatable bonds is 1. The van der Waals surface area contributed by atoms with E-state index in [2.05, 4.69) is 32.9 Å². The van der Waals surface area contributed by atoms with E-state index in [1.165, 1.54) is 25.7 Å². The lowest BCUT2D eigenvalue weighted by molar-refractivity contribution is -0.151. The van der Waals surface area contributed by atoms with E-state index in [-0.39, 0.29) is 11.4 Å². The monoisotopic (exact) mass is 300 g/mol. The van der Waals surface area contributed by atoms with E-state index in [4.69, 9.17) is 4.74 Å². The molecule has 1 heterocycles. The summed E-state index contributed by atoms with van der Waals surface area (Å²) >= 11 is 0. The number of carbonyl (C=O) groups is 1. The van der Waals surface area contributed by atoms with Gasteiger partial charge in [-0.25, -0.2) is 0 Å². The highest BCUT2D eigenvalue weighted by Crippen LogP contribution is 2.64. The molecule has 0 amide bonds. The van der Waals surface area contributed by atoms with E-state index in [1.54, 1.807) is 5.57 Å². The summed E-state index contributed by atoms with van der Waals surface area (Å²) in [5, 5.41) is 0. The smallest absolute Gasteiger partial charge is 0.310 e. The first-order valence-electron chi connectivity index (χ1n) is 9.10. The van der Waals surface area contributed by atoms with Crippen molar-refractivity contribution in [2.24, 2.45) is 28.6 Å². The molecular formula is C20H28O2. The van der Waals surface area contributed by atoms with E-state index in [0.717, 1.165) is 30.4 Å². The molecule has 1 aliphatic heterocycles. The Morgan fingerprint density at radius 3 is 2.73 bits per heavy atom. The van der Waals surface area contributed by atoms with Crippen molar-refractivity contribution in [3.05, 3.63) is 23.5 Å². The van der Waals surface area contributed by atoms with Gasteiger partial charge in [-0.15, -0.1) is 0 Å². The second-order valence-electron chi connectivity index (χ2n) is 8.35. The maximum Gasteiger partial charge on any atom is 0.310 e. The van der Waals surface area contributed by atoms with Crippen molar-refractivity contribution in [3.8, 4) is 0 Å². The summed E-state index contributed by atoms with van der Waals surface area (Å²) in [4.78, 5) is 11.7. The van der Waals surface area contributed by atoms with Crippen molar-refractivity contribution in [1.29, 1.82) is 0 Å². The first-order valence-corrected chi connectivity index (χ1v) is 9.10. The van der Waals surface area contributed by atoms with Gasteiger partial charge in [-0.05, 0) is 67.8 Å². The molecule has 22 heavy (non-hydrogen) atoms. The van der Waals surface area contributed by atoms with Gasteiger partial charge in [0.2, 0.25) is 0 Å². The second-order valence-corrected chi connectivity index (χ2v) is 8.35. The van der Waals surface area contributed by atoms with Crippen molar-refractivity contribution in [3.63, 3.8) is 0 Å². The molecule has 0 bridgehead atoms. The summed E-state index contributed by atoms with van der Waals surface area (Å²) in [6.07, 6.45) is 12.6. The van der Waals surface area contributed by atoms with Crippen molar-refractivity contribution in [1.82, 2.24) is 0 Å². The minimum atomic E-state index is -0.0291. The number of ether oxygens (including phenoxy) is 1.